The van der Waals surface area contributed by atoms with Crippen LogP contribution in [0.15, 0.2) is 36.5 Å². The number of ether oxygens (including phenoxy) is 1. The Morgan fingerprint density at radius 3 is 1.79 bits per heavy atom. The third-order valence-electron chi connectivity index (χ3n) is 3.85. The largest absolute Gasteiger partial charge is 0.466 e. The highest BCUT2D eigenvalue weighted by Gasteiger charge is 1.94. The van der Waals surface area contributed by atoms with E-state index in [1.807, 2.05) is 0 Å². The number of unbranched alkanes of at least 4 members (excludes halogenated alkanes) is 8. The van der Waals surface area contributed by atoms with Gasteiger partial charge in [-0.3, -0.25) is 4.79 Å². The number of allylic oxidation sites excluding steroid dienone is 6. The Labute approximate surface area is 150 Å². The van der Waals surface area contributed by atoms with Crippen LogP contribution in [0.2, 0.25) is 0 Å². The van der Waals surface area contributed by atoms with Crippen LogP contribution in [0.5, 0.6) is 0 Å². The van der Waals surface area contributed by atoms with Gasteiger partial charge in [-0.25, -0.2) is 0 Å². The molecule has 0 aromatic carbocycles. The summed E-state index contributed by atoms with van der Waals surface area (Å²) in [7, 11) is 0. The number of hydrogen-bond donors (Lipinski definition) is 0. The summed E-state index contributed by atoms with van der Waals surface area (Å²) in [6, 6.07) is 0. The van der Waals surface area contributed by atoms with Crippen molar-refractivity contribution in [2.24, 2.45) is 0 Å². The minimum Gasteiger partial charge on any atom is -0.466 e. The van der Waals surface area contributed by atoms with Crippen molar-refractivity contribution >= 4 is 5.97 Å². The smallest absolute Gasteiger partial charge is 0.302 e. The van der Waals surface area contributed by atoms with E-state index in [1.54, 1.807) is 0 Å². The van der Waals surface area contributed by atoms with Crippen molar-refractivity contribution in [3.8, 4) is 0 Å². The minimum atomic E-state index is -0.163. The van der Waals surface area contributed by atoms with Gasteiger partial charge in [0, 0.05) is 6.92 Å². The van der Waals surface area contributed by atoms with E-state index in [1.165, 1.54) is 58.3 Å². The molecule has 0 heterocycles. The van der Waals surface area contributed by atoms with Crippen LogP contribution in [0.1, 0.15) is 90.9 Å². The molecule has 2 heteroatoms. The van der Waals surface area contributed by atoms with Crippen LogP contribution in [-0.4, -0.2) is 12.6 Å². The highest BCUT2D eigenvalue weighted by atomic mass is 16.5. The fourth-order valence-corrected chi connectivity index (χ4v) is 2.47. The van der Waals surface area contributed by atoms with Crippen LogP contribution in [-0.2, 0) is 9.53 Å². The molecule has 24 heavy (non-hydrogen) atoms. The van der Waals surface area contributed by atoms with E-state index in [-0.39, 0.29) is 5.97 Å². The van der Waals surface area contributed by atoms with E-state index < -0.39 is 0 Å². The molecular formula is C22H38O2. The van der Waals surface area contributed by atoms with E-state index in [4.69, 9.17) is 4.74 Å². The van der Waals surface area contributed by atoms with Gasteiger partial charge in [0.2, 0.25) is 0 Å². The molecule has 0 bridgehead atoms. The van der Waals surface area contributed by atoms with Crippen molar-refractivity contribution in [2.75, 3.05) is 6.61 Å². The van der Waals surface area contributed by atoms with Crippen molar-refractivity contribution in [3.05, 3.63) is 36.5 Å². The summed E-state index contributed by atoms with van der Waals surface area (Å²) < 4.78 is 4.92. The molecule has 0 aromatic rings. The second-order valence-corrected chi connectivity index (χ2v) is 6.25. The molecule has 0 radical (unpaired) electrons. The van der Waals surface area contributed by atoms with E-state index in [0.29, 0.717) is 6.61 Å². The monoisotopic (exact) mass is 334 g/mol. The highest BCUT2D eigenvalue weighted by Crippen LogP contribution is 2.10. The quantitative estimate of drug-likeness (QED) is 0.174. The van der Waals surface area contributed by atoms with Crippen LogP contribution in [0.25, 0.3) is 0 Å². The van der Waals surface area contributed by atoms with Crippen LogP contribution >= 0.6 is 0 Å². The molecule has 0 saturated carbocycles. The lowest BCUT2D eigenvalue weighted by Gasteiger charge is -2.02. The van der Waals surface area contributed by atoms with Gasteiger partial charge in [-0.2, -0.15) is 0 Å². The summed E-state index contributed by atoms with van der Waals surface area (Å²) in [5.41, 5.74) is 0. The third-order valence-corrected chi connectivity index (χ3v) is 3.85. The fraction of sp³-hybridized carbons (Fsp3) is 0.682. The van der Waals surface area contributed by atoms with E-state index in [0.717, 1.165) is 25.7 Å². The summed E-state index contributed by atoms with van der Waals surface area (Å²) in [6.45, 7) is 4.22. The summed E-state index contributed by atoms with van der Waals surface area (Å²) in [4.78, 5) is 10.6. The predicted octanol–water partition coefficient (Wildman–Crippen LogP) is 6.92. The maximum atomic E-state index is 10.6. The fourth-order valence-electron chi connectivity index (χ4n) is 2.47. The Kier molecular flexibility index (Phi) is 18.7. The summed E-state index contributed by atoms with van der Waals surface area (Å²) in [5, 5.41) is 0. The summed E-state index contributed by atoms with van der Waals surface area (Å²) >= 11 is 0. The molecule has 0 unspecified atom stereocenters. The van der Waals surface area contributed by atoms with Crippen LogP contribution < -0.4 is 0 Å². The van der Waals surface area contributed by atoms with Gasteiger partial charge in [-0.05, 0) is 38.5 Å². The van der Waals surface area contributed by atoms with Gasteiger partial charge < -0.3 is 4.74 Å². The molecule has 0 aliphatic heterocycles. The van der Waals surface area contributed by atoms with E-state index in [9.17, 15) is 4.79 Å². The van der Waals surface area contributed by atoms with Gasteiger partial charge in [0.05, 0.1) is 6.61 Å². The SMILES string of the molecule is CCC=CCC=CCC=CCCCCCCCCCCOC(C)=O. The highest BCUT2D eigenvalue weighted by molar-refractivity contribution is 5.65. The number of carbonyl (C=O) groups excluding carboxylic acids is 1. The number of hydrogen-bond acceptors (Lipinski definition) is 2. The van der Waals surface area contributed by atoms with Gasteiger partial charge in [0.1, 0.15) is 0 Å². The lowest BCUT2D eigenvalue weighted by molar-refractivity contribution is -0.141. The van der Waals surface area contributed by atoms with Crippen LogP contribution in [0, 0.1) is 0 Å². The second kappa shape index (κ2) is 19.7. The molecule has 0 amide bonds. The average Bonchev–Trinajstić information content (AvgIpc) is 2.56. The van der Waals surface area contributed by atoms with Gasteiger partial charge in [0.25, 0.3) is 0 Å². The standard InChI is InChI=1S/C22H38O2/c1-3-4-5-6-7-8-9-10-11-12-13-14-15-16-17-18-19-20-21-24-22(2)23/h4-5,7-8,10-11H,3,6,9,12-21H2,1-2H3. The molecule has 138 valence electrons. The molecule has 0 aromatic heterocycles. The molecule has 0 saturated heterocycles. The molecule has 0 aliphatic carbocycles. The van der Waals surface area contributed by atoms with Crippen molar-refractivity contribution in [1.29, 1.82) is 0 Å². The lowest BCUT2D eigenvalue weighted by Crippen LogP contribution is -2.00. The van der Waals surface area contributed by atoms with Gasteiger partial charge in [0.15, 0.2) is 0 Å². The first-order valence-corrected chi connectivity index (χ1v) is 9.85. The first kappa shape index (κ1) is 22.7. The van der Waals surface area contributed by atoms with Gasteiger partial charge in [-0.1, -0.05) is 81.9 Å². The first-order valence-electron chi connectivity index (χ1n) is 9.85. The maximum Gasteiger partial charge on any atom is 0.302 e. The molecule has 0 aliphatic rings. The normalized spacial score (nSPS) is 11.9. The molecule has 0 N–H and O–H groups in total. The predicted molar refractivity (Wildman–Crippen MR) is 105 cm³/mol. The third kappa shape index (κ3) is 20.7. The van der Waals surface area contributed by atoms with E-state index in [2.05, 4.69) is 43.4 Å². The van der Waals surface area contributed by atoms with Gasteiger partial charge in [-0.15, -0.1) is 0 Å². The van der Waals surface area contributed by atoms with Crippen molar-refractivity contribution in [1.82, 2.24) is 0 Å². The lowest BCUT2D eigenvalue weighted by atomic mass is 10.1. The molecule has 2 nitrogen and oxygen atoms in total. The van der Waals surface area contributed by atoms with Crippen molar-refractivity contribution < 1.29 is 9.53 Å². The average molecular weight is 335 g/mol. The molecular weight excluding hydrogens is 296 g/mol. The molecule has 0 fully saturated rings. The Morgan fingerprint density at radius 2 is 1.21 bits per heavy atom. The Hall–Kier alpha value is -1.31. The summed E-state index contributed by atoms with van der Waals surface area (Å²) in [5.74, 6) is -0.163. The Bertz CT molecular complexity index is 353. The Balaban J connectivity index is 3.18. The number of esters is 1. The van der Waals surface area contributed by atoms with Crippen molar-refractivity contribution in [3.63, 3.8) is 0 Å². The molecule has 0 rings (SSSR count). The molecule has 0 spiro atoms. The zero-order valence-corrected chi connectivity index (χ0v) is 16.0. The number of carbonyl (C=O) groups is 1. The second-order valence-electron chi connectivity index (χ2n) is 6.25. The van der Waals surface area contributed by atoms with Gasteiger partial charge >= 0.3 is 5.97 Å². The van der Waals surface area contributed by atoms with Crippen LogP contribution in [0.3, 0.4) is 0 Å². The summed E-state index contributed by atoms with van der Waals surface area (Å²) in [6.07, 6.45) is 28.1. The maximum absolute atomic E-state index is 10.6. The Morgan fingerprint density at radius 1 is 0.708 bits per heavy atom. The first-order chi connectivity index (χ1) is 11.8. The number of rotatable bonds is 16. The minimum absolute atomic E-state index is 0.163. The van der Waals surface area contributed by atoms with Crippen molar-refractivity contribution in [2.45, 2.75) is 90.9 Å². The van der Waals surface area contributed by atoms with Crippen LogP contribution in [0.4, 0.5) is 0 Å². The van der Waals surface area contributed by atoms with E-state index >= 15 is 0 Å². The topological polar surface area (TPSA) is 26.3 Å². The zero-order valence-electron chi connectivity index (χ0n) is 16.0. The zero-order chi connectivity index (χ0) is 17.7. The molecule has 0 atom stereocenters.